The highest BCUT2D eigenvalue weighted by Gasteiger charge is 2.07. The number of rotatable bonds is 7. The molecule has 0 bridgehead atoms. The maximum Gasteiger partial charge on any atom is 0.276 e. The lowest BCUT2D eigenvalue weighted by atomic mass is 10.2. The molecule has 1 aromatic rings. The van der Waals surface area contributed by atoms with Crippen molar-refractivity contribution in [3.63, 3.8) is 0 Å². The molecular weight excluding hydrogens is 298 g/mol. The molecule has 2 N–H and O–H groups in total. The number of aliphatic hydroxyl groups is 2. The van der Waals surface area contributed by atoms with Crippen molar-refractivity contribution in [2.75, 3.05) is 13.2 Å². The fraction of sp³-hybridized carbons (Fsp3) is 0.471. The van der Waals surface area contributed by atoms with Gasteiger partial charge in [0, 0.05) is 12.5 Å². The van der Waals surface area contributed by atoms with Crippen molar-refractivity contribution < 1.29 is 19.9 Å². The van der Waals surface area contributed by atoms with Crippen LogP contribution in [0.3, 0.4) is 0 Å². The second kappa shape index (κ2) is 16.3. The Kier molecular flexibility index (Phi) is 16.5. The van der Waals surface area contributed by atoms with Gasteiger partial charge in [-0.05, 0) is 19.4 Å². The van der Waals surface area contributed by atoms with Crippen LogP contribution in [0.1, 0.15) is 45.1 Å². The van der Waals surface area contributed by atoms with Crippen molar-refractivity contribution in [1.29, 1.82) is 0 Å². The Morgan fingerprint density at radius 2 is 1.83 bits per heavy atom. The molecule has 6 nitrogen and oxygen atoms in total. The Morgan fingerprint density at radius 3 is 2.17 bits per heavy atom. The lowest BCUT2D eigenvalue weighted by Crippen LogP contribution is -1.89. The molecule has 0 spiro atoms. The van der Waals surface area contributed by atoms with Gasteiger partial charge in [-0.2, -0.15) is 0 Å². The molecule has 130 valence electrons. The minimum atomic E-state index is -0.420. The first-order chi connectivity index (χ1) is 10.9. The number of Topliss-reactive ketones (excluding diaryl/α,β-unsaturated/α-hetero) is 1. The van der Waals surface area contributed by atoms with Crippen molar-refractivity contribution in [1.82, 2.24) is 0 Å². The maximum atomic E-state index is 10.3. The number of carbonyl (C=O) groups excluding carboxylic acids is 1. The molecule has 0 fully saturated rings. The smallest absolute Gasteiger partial charge is 0.276 e. The summed E-state index contributed by atoms with van der Waals surface area (Å²) in [5.41, 5.74) is 0.653. The van der Waals surface area contributed by atoms with Crippen LogP contribution in [-0.4, -0.2) is 34.1 Å². The van der Waals surface area contributed by atoms with E-state index < -0.39 is 4.92 Å². The van der Waals surface area contributed by atoms with E-state index in [2.05, 4.69) is 13.5 Å². The van der Waals surface area contributed by atoms with Crippen molar-refractivity contribution in [3.8, 4) is 0 Å². The Balaban J connectivity index is 0. The molecule has 0 aliphatic carbocycles. The summed E-state index contributed by atoms with van der Waals surface area (Å²) in [5.74, 6) is 0.318. The molecule has 0 radical (unpaired) electrons. The molecule has 6 heteroatoms. The summed E-state index contributed by atoms with van der Waals surface area (Å²) in [6, 6.07) is 6.48. The van der Waals surface area contributed by atoms with Crippen LogP contribution in [0.15, 0.2) is 30.8 Å². The Morgan fingerprint density at radius 1 is 1.26 bits per heavy atom. The maximum absolute atomic E-state index is 10.3. The molecule has 0 aromatic heterocycles. The molecular formula is C17H27NO5. The van der Waals surface area contributed by atoms with Gasteiger partial charge in [0.05, 0.1) is 23.7 Å². The number of nitro groups is 1. The second-order valence-electron chi connectivity index (χ2n) is 4.63. The van der Waals surface area contributed by atoms with Gasteiger partial charge in [-0.1, -0.05) is 44.6 Å². The molecule has 0 saturated heterocycles. The van der Waals surface area contributed by atoms with Gasteiger partial charge in [0.15, 0.2) is 0 Å². The number of carbonyl (C=O) groups is 1. The SMILES string of the molecule is C=Cc1ccccc1[N+](=O)[O-].CCCCCC(C)=O.OCCO. The van der Waals surface area contributed by atoms with Crippen molar-refractivity contribution in [2.45, 2.75) is 39.5 Å². The zero-order chi connectivity index (χ0) is 18.1. The normalized spacial score (nSPS) is 8.87. The third-order valence-corrected chi connectivity index (χ3v) is 2.59. The summed E-state index contributed by atoms with van der Waals surface area (Å²) in [6.45, 7) is 7.01. The minimum Gasteiger partial charge on any atom is -0.394 e. The Bertz CT molecular complexity index is 458. The van der Waals surface area contributed by atoms with E-state index in [-0.39, 0.29) is 18.9 Å². The molecule has 1 rings (SSSR count). The van der Waals surface area contributed by atoms with E-state index in [4.69, 9.17) is 10.2 Å². The second-order valence-corrected chi connectivity index (χ2v) is 4.63. The molecule has 23 heavy (non-hydrogen) atoms. The number of nitrogens with zero attached hydrogens (tertiary/aromatic N) is 1. The van der Waals surface area contributed by atoms with Crippen LogP contribution in [0.5, 0.6) is 0 Å². The van der Waals surface area contributed by atoms with Gasteiger partial charge in [-0.25, -0.2) is 0 Å². The predicted molar refractivity (Wildman–Crippen MR) is 92.2 cm³/mol. The van der Waals surface area contributed by atoms with Gasteiger partial charge in [-0.15, -0.1) is 0 Å². The van der Waals surface area contributed by atoms with Crippen LogP contribution in [0, 0.1) is 10.1 Å². The van der Waals surface area contributed by atoms with E-state index in [1.54, 1.807) is 25.1 Å². The number of para-hydroxylation sites is 1. The van der Waals surface area contributed by atoms with E-state index >= 15 is 0 Å². The van der Waals surface area contributed by atoms with Crippen LogP contribution in [0.4, 0.5) is 5.69 Å². The molecule has 0 heterocycles. The van der Waals surface area contributed by atoms with E-state index in [0.717, 1.165) is 12.8 Å². The zero-order valence-electron chi connectivity index (χ0n) is 13.9. The van der Waals surface area contributed by atoms with E-state index in [1.165, 1.54) is 25.0 Å². The number of unbranched alkanes of at least 4 members (excludes halogenated alkanes) is 2. The fourth-order valence-corrected chi connectivity index (χ4v) is 1.45. The number of benzene rings is 1. The van der Waals surface area contributed by atoms with Crippen LogP contribution >= 0.6 is 0 Å². The minimum absolute atomic E-state index is 0.0995. The monoisotopic (exact) mass is 325 g/mol. The van der Waals surface area contributed by atoms with Gasteiger partial charge >= 0.3 is 0 Å². The van der Waals surface area contributed by atoms with E-state index in [1.807, 2.05) is 0 Å². The van der Waals surface area contributed by atoms with Crippen molar-refractivity contribution in [3.05, 3.63) is 46.5 Å². The molecule has 0 amide bonds. The van der Waals surface area contributed by atoms with Crippen LogP contribution in [0.2, 0.25) is 0 Å². The molecule has 1 aromatic carbocycles. The number of hydrogen-bond donors (Lipinski definition) is 2. The Hall–Kier alpha value is -2.05. The molecule has 0 aliphatic rings. The highest BCUT2D eigenvalue weighted by molar-refractivity contribution is 5.75. The van der Waals surface area contributed by atoms with Gasteiger partial charge in [0.25, 0.3) is 5.69 Å². The third-order valence-electron chi connectivity index (χ3n) is 2.59. The number of ketones is 1. The van der Waals surface area contributed by atoms with Gasteiger partial charge in [0.1, 0.15) is 5.78 Å². The highest BCUT2D eigenvalue weighted by Crippen LogP contribution is 2.17. The average Bonchev–Trinajstić information content (AvgIpc) is 2.55. The lowest BCUT2D eigenvalue weighted by molar-refractivity contribution is -0.385. The van der Waals surface area contributed by atoms with Gasteiger partial charge < -0.3 is 15.0 Å². The van der Waals surface area contributed by atoms with Crippen molar-refractivity contribution in [2.24, 2.45) is 0 Å². The van der Waals surface area contributed by atoms with Crippen LogP contribution in [-0.2, 0) is 4.79 Å². The number of nitro benzene ring substituents is 1. The Labute approximate surface area is 137 Å². The summed E-state index contributed by atoms with van der Waals surface area (Å²) < 4.78 is 0. The van der Waals surface area contributed by atoms with Gasteiger partial charge in [-0.3, -0.25) is 10.1 Å². The summed E-state index contributed by atoms with van der Waals surface area (Å²) in [7, 11) is 0. The molecule has 0 unspecified atom stereocenters. The first-order valence-electron chi connectivity index (χ1n) is 7.51. The fourth-order valence-electron chi connectivity index (χ4n) is 1.45. The number of aliphatic hydroxyl groups excluding tert-OH is 2. The summed E-state index contributed by atoms with van der Waals surface area (Å²) in [5, 5.41) is 25.6. The van der Waals surface area contributed by atoms with Gasteiger partial charge in [0.2, 0.25) is 0 Å². The topological polar surface area (TPSA) is 101 Å². The lowest BCUT2D eigenvalue weighted by Gasteiger charge is -1.93. The quantitative estimate of drug-likeness (QED) is 0.455. The van der Waals surface area contributed by atoms with Crippen LogP contribution < -0.4 is 0 Å². The number of hydrogen-bond acceptors (Lipinski definition) is 5. The highest BCUT2D eigenvalue weighted by atomic mass is 16.6. The van der Waals surface area contributed by atoms with E-state index in [0.29, 0.717) is 11.3 Å². The molecule has 0 aliphatic heterocycles. The largest absolute Gasteiger partial charge is 0.394 e. The van der Waals surface area contributed by atoms with Crippen molar-refractivity contribution >= 4 is 17.5 Å². The third kappa shape index (κ3) is 14.6. The summed E-state index contributed by atoms with van der Waals surface area (Å²) in [6.07, 6.45) is 5.71. The predicted octanol–water partition coefficient (Wildman–Crippen LogP) is 3.36. The average molecular weight is 325 g/mol. The zero-order valence-corrected chi connectivity index (χ0v) is 13.9. The summed E-state index contributed by atoms with van der Waals surface area (Å²) >= 11 is 0. The summed E-state index contributed by atoms with van der Waals surface area (Å²) in [4.78, 5) is 20.2. The molecule has 0 saturated carbocycles. The first-order valence-corrected chi connectivity index (χ1v) is 7.51. The first kappa shape index (κ1) is 23.2. The van der Waals surface area contributed by atoms with E-state index in [9.17, 15) is 14.9 Å². The van der Waals surface area contributed by atoms with Crippen LogP contribution in [0.25, 0.3) is 6.08 Å². The standard InChI is InChI=1S/C8H7NO2.C7H14O.C2H6O2/c1-2-7-5-3-4-6-8(7)9(10)11;1-3-4-5-6-7(2)8;3-1-2-4/h2-6H,1H2;3-6H2,1-2H3;3-4H,1-2H2. The molecule has 0 atom stereocenters.